The lowest BCUT2D eigenvalue weighted by Crippen LogP contribution is -2.49. The fourth-order valence-electron chi connectivity index (χ4n) is 5.98. The van der Waals surface area contributed by atoms with E-state index in [9.17, 15) is 9.59 Å². The number of pyridine rings is 1. The Kier molecular flexibility index (Phi) is 8.52. The Morgan fingerprint density at radius 3 is 2.54 bits per heavy atom. The number of ether oxygens (including phenoxy) is 3. The lowest BCUT2D eigenvalue weighted by atomic mass is 9.88. The van der Waals surface area contributed by atoms with Crippen molar-refractivity contribution < 1.29 is 19.0 Å². The number of benzene rings is 1. The smallest absolute Gasteiger partial charge is 0.254 e. The van der Waals surface area contributed by atoms with E-state index in [1.54, 1.807) is 6.07 Å². The first kappa shape index (κ1) is 28.3. The molecule has 0 radical (unpaired) electrons. The van der Waals surface area contributed by atoms with Gasteiger partial charge in [0.2, 0.25) is 0 Å². The molecule has 3 aliphatic rings. The van der Waals surface area contributed by atoms with Crippen molar-refractivity contribution >= 4 is 29.3 Å². The highest BCUT2D eigenvalue weighted by Gasteiger charge is 2.47. The van der Waals surface area contributed by atoms with Gasteiger partial charge < -0.3 is 29.4 Å². The number of thioether (sulfide) groups is 1. The van der Waals surface area contributed by atoms with Crippen molar-refractivity contribution in [3.05, 3.63) is 49.9 Å². The number of hydrogen-bond donors (Lipinski definition) is 2. The normalized spacial score (nSPS) is 22.3. The van der Waals surface area contributed by atoms with E-state index in [1.165, 1.54) is 11.8 Å². The molecule has 39 heavy (non-hydrogen) atoms. The number of hydrogen-bond acceptors (Lipinski definition) is 7. The number of carbonyl (C=O) groups is 1. The summed E-state index contributed by atoms with van der Waals surface area (Å²) >= 11 is 8.11. The van der Waals surface area contributed by atoms with E-state index in [2.05, 4.69) is 15.2 Å². The molecule has 0 spiro atoms. The average molecular weight is 576 g/mol. The molecular formula is C29H38ClN3O5S. The molecule has 1 aromatic carbocycles. The molecule has 2 fully saturated rings. The monoisotopic (exact) mass is 575 g/mol. The average Bonchev–Trinajstić information content (AvgIpc) is 3.30. The largest absolute Gasteiger partial charge is 0.448 e. The van der Waals surface area contributed by atoms with Gasteiger partial charge in [0.25, 0.3) is 17.3 Å². The summed E-state index contributed by atoms with van der Waals surface area (Å²) in [5.41, 5.74) is 2.20. The third-order valence-corrected chi connectivity index (χ3v) is 9.44. The minimum absolute atomic E-state index is 0.111. The molecule has 3 aliphatic heterocycles. The summed E-state index contributed by atoms with van der Waals surface area (Å²) in [4.78, 5) is 31.9. The molecule has 212 valence electrons. The Morgan fingerprint density at radius 1 is 1.15 bits per heavy atom. The van der Waals surface area contributed by atoms with Gasteiger partial charge in [-0.1, -0.05) is 11.6 Å². The molecule has 2 N–H and O–H groups in total. The number of nitrogens with zero attached hydrogens (tertiary/aromatic N) is 1. The Bertz CT molecular complexity index is 1290. The molecule has 0 bridgehead atoms. The lowest BCUT2D eigenvalue weighted by Gasteiger charge is -2.40. The number of nitrogens with one attached hydrogen (secondary N) is 2. The maximum atomic E-state index is 13.2. The van der Waals surface area contributed by atoms with Gasteiger partial charge in [-0.3, -0.25) is 9.59 Å². The zero-order valence-electron chi connectivity index (χ0n) is 23.2. The van der Waals surface area contributed by atoms with Gasteiger partial charge in [0.1, 0.15) is 0 Å². The van der Waals surface area contributed by atoms with Crippen molar-refractivity contribution in [1.82, 2.24) is 15.2 Å². The minimum atomic E-state index is -0.834. The Morgan fingerprint density at radius 2 is 1.85 bits per heavy atom. The van der Waals surface area contributed by atoms with Gasteiger partial charge >= 0.3 is 0 Å². The van der Waals surface area contributed by atoms with Crippen molar-refractivity contribution in [3.63, 3.8) is 0 Å². The second kappa shape index (κ2) is 11.7. The van der Waals surface area contributed by atoms with Crippen LogP contribution >= 0.6 is 23.4 Å². The van der Waals surface area contributed by atoms with Crippen LogP contribution in [0, 0.1) is 25.7 Å². The van der Waals surface area contributed by atoms with Crippen LogP contribution < -0.4 is 20.3 Å². The number of aryl methyl sites for hydroxylation is 1. The highest BCUT2D eigenvalue weighted by atomic mass is 35.5. The Labute approximate surface area is 239 Å². The van der Waals surface area contributed by atoms with Gasteiger partial charge in [0, 0.05) is 66.4 Å². The molecule has 1 atom stereocenters. The van der Waals surface area contributed by atoms with Crippen molar-refractivity contribution in [2.45, 2.75) is 63.7 Å². The topological polar surface area (TPSA) is 92.9 Å². The molecule has 0 unspecified atom stereocenters. The van der Waals surface area contributed by atoms with Crippen LogP contribution in [0.5, 0.6) is 11.5 Å². The van der Waals surface area contributed by atoms with Crippen LogP contribution in [0.4, 0.5) is 0 Å². The van der Waals surface area contributed by atoms with Crippen LogP contribution in [0.25, 0.3) is 0 Å². The first-order valence-electron chi connectivity index (χ1n) is 13.7. The van der Waals surface area contributed by atoms with E-state index >= 15 is 0 Å². The van der Waals surface area contributed by atoms with Gasteiger partial charge in [0.05, 0.1) is 5.02 Å². The van der Waals surface area contributed by atoms with Gasteiger partial charge in [-0.2, -0.15) is 0 Å². The number of aromatic amines is 1. The number of fused-ring (bicyclic) bond motifs is 1. The fourth-order valence-corrected chi connectivity index (χ4v) is 6.92. The Balaban J connectivity index is 1.25. The molecular weight excluding hydrogens is 538 g/mol. The number of halogens is 1. The molecule has 0 saturated carbocycles. The van der Waals surface area contributed by atoms with E-state index in [0.717, 1.165) is 75.0 Å². The van der Waals surface area contributed by atoms with Crippen LogP contribution in [0.3, 0.4) is 0 Å². The van der Waals surface area contributed by atoms with E-state index in [-0.39, 0.29) is 23.9 Å². The zero-order valence-corrected chi connectivity index (χ0v) is 24.7. The summed E-state index contributed by atoms with van der Waals surface area (Å²) in [7, 11) is 0. The van der Waals surface area contributed by atoms with E-state index < -0.39 is 5.79 Å². The highest BCUT2D eigenvalue weighted by molar-refractivity contribution is 7.98. The fraction of sp³-hybridized carbons (Fsp3) is 0.586. The molecule has 4 heterocycles. The summed E-state index contributed by atoms with van der Waals surface area (Å²) in [5.74, 6) is 0.802. The van der Waals surface area contributed by atoms with E-state index in [1.807, 2.05) is 33.1 Å². The number of carbonyl (C=O) groups excluding carboxylic acids is 1. The third kappa shape index (κ3) is 5.97. The summed E-state index contributed by atoms with van der Waals surface area (Å²) in [6.07, 6.45) is 6.15. The predicted molar refractivity (Wildman–Crippen MR) is 153 cm³/mol. The van der Waals surface area contributed by atoms with Gasteiger partial charge in [-0.15, -0.1) is 11.8 Å². The number of amides is 1. The van der Waals surface area contributed by atoms with Crippen LogP contribution in [0.1, 0.15) is 59.8 Å². The van der Waals surface area contributed by atoms with E-state index in [4.69, 9.17) is 25.8 Å². The van der Waals surface area contributed by atoms with Gasteiger partial charge in [-0.05, 0) is 76.9 Å². The van der Waals surface area contributed by atoms with Crippen LogP contribution in [0.15, 0.2) is 21.8 Å². The van der Waals surface area contributed by atoms with Crippen molar-refractivity contribution in [2.24, 2.45) is 11.8 Å². The Hall–Kier alpha value is -2.20. The number of rotatable bonds is 7. The SMILES string of the molecule is CSc1cc(C)[nH]c(=O)c1CNC(=O)c1cc(Cl)c2c(c1C)O[C@@](C)(C1CCN(CC3CCOCC3)CC1)O2. The summed E-state index contributed by atoms with van der Waals surface area (Å²) < 4.78 is 18.4. The standard InChI is InChI=1S/C29H38ClN3O5S/c1-17-13-24(39-4)22(28(35)32-17)15-31-27(34)21-14-23(30)26-25(18(21)2)37-29(3,38-26)20-5-9-33(10-6-20)16-19-7-11-36-12-8-19/h13-14,19-20H,5-12,15-16H2,1-4H3,(H,31,34)(H,32,35)/t29-/m1/s1. The van der Waals surface area contributed by atoms with Crippen molar-refractivity contribution in [2.75, 3.05) is 39.1 Å². The quantitative estimate of drug-likeness (QED) is 0.453. The number of piperidine rings is 1. The summed E-state index contributed by atoms with van der Waals surface area (Å²) in [6.45, 7) is 10.7. The molecule has 1 aromatic heterocycles. The van der Waals surface area contributed by atoms with Gasteiger partial charge in [0.15, 0.2) is 11.5 Å². The molecule has 1 amide bonds. The maximum absolute atomic E-state index is 13.2. The number of aromatic nitrogens is 1. The first-order valence-corrected chi connectivity index (χ1v) is 15.3. The summed E-state index contributed by atoms with van der Waals surface area (Å²) in [6, 6.07) is 3.54. The van der Waals surface area contributed by atoms with Crippen molar-refractivity contribution in [3.8, 4) is 11.5 Å². The lowest BCUT2D eigenvalue weighted by molar-refractivity contribution is -0.125. The van der Waals surface area contributed by atoms with Gasteiger partial charge in [-0.25, -0.2) is 0 Å². The predicted octanol–water partition coefficient (Wildman–Crippen LogP) is 4.92. The van der Waals surface area contributed by atoms with Crippen LogP contribution in [-0.2, 0) is 11.3 Å². The van der Waals surface area contributed by atoms with E-state index in [0.29, 0.717) is 33.2 Å². The molecule has 2 saturated heterocycles. The van der Waals surface area contributed by atoms with Crippen LogP contribution in [0.2, 0.25) is 5.02 Å². The molecule has 10 heteroatoms. The summed E-state index contributed by atoms with van der Waals surface area (Å²) in [5, 5.41) is 3.24. The molecule has 2 aromatic rings. The number of likely N-dealkylation sites (tertiary alicyclic amines) is 1. The van der Waals surface area contributed by atoms with Crippen LogP contribution in [-0.4, -0.2) is 60.7 Å². The third-order valence-electron chi connectivity index (χ3n) is 8.35. The second-order valence-corrected chi connectivity index (χ2v) is 12.3. The first-order chi connectivity index (χ1) is 18.7. The molecule has 5 rings (SSSR count). The minimum Gasteiger partial charge on any atom is -0.448 e. The molecule has 0 aliphatic carbocycles. The van der Waals surface area contributed by atoms with Crippen molar-refractivity contribution in [1.29, 1.82) is 0 Å². The second-order valence-electron chi connectivity index (χ2n) is 11.1. The highest BCUT2D eigenvalue weighted by Crippen LogP contribution is 2.51. The molecule has 8 nitrogen and oxygen atoms in total. The maximum Gasteiger partial charge on any atom is 0.254 e. The number of H-pyrrole nitrogens is 1. The zero-order chi connectivity index (χ0) is 27.7.